The molecule has 0 bridgehead atoms. The Morgan fingerprint density at radius 2 is 1.24 bits per heavy atom. The molecule has 8 atom stereocenters. The molecule has 49 heavy (non-hydrogen) atoms. The Morgan fingerprint density at radius 1 is 0.694 bits per heavy atom. The van der Waals surface area contributed by atoms with Gasteiger partial charge in [0.15, 0.2) is 0 Å². The van der Waals surface area contributed by atoms with Gasteiger partial charge >= 0.3 is 0 Å². The fraction of sp³-hybridized carbons (Fsp3) is 0.405. The number of carbonyl (C=O) groups excluding carboxylic acids is 4. The Kier molecular flexibility index (Phi) is 6.29. The number of rotatable bonds is 5. The van der Waals surface area contributed by atoms with E-state index in [1.165, 1.54) is 9.21 Å². The van der Waals surface area contributed by atoms with E-state index in [1.54, 1.807) is 47.4 Å². The van der Waals surface area contributed by atoms with Crippen molar-refractivity contribution in [3.63, 3.8) is 0 Å². The fourth-order valence-electron chi connectivity index (χ4n) is 10.5. The zero-order valence-corrected chi connectivity index (χ0v) is 28.0. The monoisotopic (exact) mass is 679 g/mol. The van der Waals surface area contributed by atoms with Gasteiger partial charge in [-0.05, 0) is 67.0 Å². The molecule has 3 aromatic carbocycles. The molecule has 1 aliphatic carbocycles. The van der Waals surface area contributed by atoms with Gasteiger partial charge < -0.3 is 20.4 Å². The molecule has 1 unspecified atom stereocenters. The summed E-state index contributed by atoms with van der Waals surface area (Å²) >= 11 is 0. The third-order valence-corrected chi connectivity index (χ3v) is 14.1. The summed E-state index contributed by atoms with van der Waals surface area (Å²) in [6.45, 7) is 3.69. The second-order valence-corrected chi connectivity index (χ2v) is 16.0. The summed E-state index contributed by atoms with van der Waals surface area (Å²) in [4.78, 5) is 60.3. The first-order valence-electron chi connectivity index (χ1n) is 17.1. The minimum atomic E-state index is -4.31. The molecule has 2 N–H and O–H groups in total. The van der Waals surface area contributed by atoms with E-state index < -0.39 is 57.2 Å². The van der Waals surface area contributed by atoms with Crippen molar-refractivity contribution in [2.45, 2.75) is 98.1 Å². The number of amides is 4. The van der Waals surface area contributed by atoms with E-state index in [2.05, 4.69) is 10.6 Å². The predicted molar refractivity (Wildman–Crippen MR) is 179 cm³/mol. The van der Waals surface area contributed by atoms with Crippen molar-refractivity contribution in [1.29, 1.82) is 0 Å². The third kappa shape index (κ3) is 3.54. The first-order valence-corrected chi connectivity index (χ1v) is 18.6. The van der Waals surface area contributed by atoms with Crippen molar-refractivity contribution >= 4 is 39.3 Å². The molecule has 252 valence electrons. The van der Waals surface area contributed by atoms with E-state index in [4.69, 9.17) is 0 Å². The van der Waals surface area contributed by atoms with Crippen LogP contribution in [0.5, 0.6) is 0 Å². The first kappa shape index (κ1) is 30.4. The summed E-state index contributed by atoms with van der Waals surface area (Å²) in [5.74, 6) is -1.06. The molecule has 4 amide bonds. The number of hydrogen-bond acceptors (Lipinski definition) is 6. The second-order valence-electron chi connectivity index (χ2n) is 14.2. The lowest BCUT2D eigenvalue weighted by Gasteiger charge is -2.50. The Labute approximate surface area is 284 Å². The number of anilines is 1. The lowest BCUT2D eigenvalue weighted by atomic mass is 9.53. The van der Waals surface area contributed by atoms with Crippen molar-refractivity contribution in [3.05, 3.63) is 95.6 Å². The molecular weight excluding hydrogens is 643 g/mol. The van der Waals surface area contributed by atoms with Gasteiger partial charge in [0.25, 0.3) is 10.0 Å². The van der Waals surface area contributed by atoms with Crippen LogP contribution < -0.4 is 14.9 Å². The largest absolute Gasteiger partial charge is 0.343 e. The smallest absolute Gasteiger partial charge is 0.266 e. The van der Waals surface area contributed by atoms with Gasteiger partial charge in [-0.2, -0.15) is 0 Å². The van der Waals surface area contributed by atoms with Crippen LogP contribution in [0.4, 0.5) is 5.69 Å². The maximum atomic E-state index is 15.0. The topological polar surface area (TPSA) is 136 Å². The summed E-state index contributed by atoms with van der Waals surface area (Å²) in [6, 6.07) is 19.7. The molecule has 0 aromatic heterocycles. The quantitative estimate of drug-likeness (QED) is 0.425. The fourth-order valence-corrected chi connectivity index (χ4v) is 12.2. The van der Waals surface area contributed by atoms with Crippen LogP contribution in [0.15, 0.2) is 83.8 Å². The van der Waals surface area contributed by atoms with Crippen LogP contribution in [0.1, 0.15) is 56.2 Å². The summed E-state index contributed by atoms with van der Waals surface area (Å²) in [5, 5.41) is 5.87. The lowest BCUT2D eigenvalue weighted by Crippen LogP contribution is -2.68. The molecule has 0 saturated carbocycles. The Bertz CT molecular complexity index is 2070. The summed E-state index contributed by atoms with van der Waals surface area (Å²) in [7, 11) is -4.31. The maximum Gasteiger partial charge on any atom is 0.266 e. The molecule has 0 spiro atoms. The summed E-state index contributed by atoms with van der Waals surface area (Å²) in [6.07, 6.45) is 0.450. The molecule has 4 saturated heterocycles. The highest BCUT2D eigenvalue weighted by Gasteiger charge is 2.79. The highest BCUT2D eigenvalue weighted by Crippen LogP contribution is 2.70. The molecule has 9 rings (SSSR count). The Morgan fingerprint density at radius 3 is 1.92 bits per heavy atom. The van der Waals surface area contributed by atoms with Crippen molar-refractivity contribution in [2.24, 2.45) is 0 Å². The van der Waals surface area contributed by atoms with Gasteiger partial charge in [0.2, 0.25) is 23.6 Å². The predicted octanol–water partition coefficient (Wildman–Crippen LogP) is 2.34. The molecule has 3 aromatic rings. The van der Waals surface area contributed by atoms with Crippen molar-refractivity contribution in [3.8, 4) is 0 Å². The first-order chi connectivity index (χ1) is 23.6. The maximum absolute atomic E-state index is 15.0. The number of nitrogens with one attached hydrogen (secondary N) is 2. The number of para-hydroxylation sites is 1. The van der Waals surface area contributed by atoms with Crippen molar-refractivity contribution < 1.29 is 27.6 Å². The zero-order valence-electron chi connectivity index (χ0n) is 27.2. The zero-order chi connectivity index (χ0) is 34.0. The number of fused-ring (bicyclic) bond motifs is 11. The SMILES string of the molecule is CC[C@@H]1NC(=O)[C@@H]2C[C@]3(C45C[C@H]6C(=O)N[C@@H](CC)C(=O)N6[C@H]4N(S(=O)(=O)c4ccccc4)c4ccccc45)c4ccccc4C[C@@H]3N2C1=O. The van der Waals surface area contributed by atoms with Crippen molar-refractivity contribution in [1.82, 2.24) is 20.4 Å². The number of nitrogens with zero attached hydrogens (tertiary/aromatic N) is 3. The van der Waals surface area contributed by atoms with E-state index in [0.717, 1.165) is 11.1 Å². The molecule has 6 aliphatic rings. The van der Waals surface area contributed by atoms with Gasteiger partial charge in [0.05, 0.1) is 16.0 Å². The minimum absolute atomic E-state index is 0.0649. The van der Waals surface area contributed by atoms with Crippen LogP contribution in [-0.4, -0.2) is 78.2 Å². The number of hydrogen-bond donors (Lipinski definition) is 2. The van der Waals surface area contributed by atoms with Crippen molar-refractivity contribution in [2.75, 3.05) is 4.31 Å². The average molecular weight is 680 g/mol. The van der Waals surface area contributed by atoms with Crippen LogP contribution in [0.3, 0.4) is 0 Å². The Hall–Kier alpha value is -4.71. The highest BCUT2D eigenvalue weighted by molar-refractivity contribution is 7.92. The molecule has 5 heterocycles. The van der Waals surface area contributed by atoms with Gasteiger partial charge in [-0.3, -0.25) is 19.2 Å². The Balaban J connectivity index is 1.38. The standard InChI is InChI=1S/C37H37N5O6S/c1-3-25-33(45)40-28(31(43)38-25)19-36(23-15-9-8-12-21(23)18-30(36)40)37-20-29-32(44)39-26(4-2)34(46)41(29)35(37)42(27-17-11-10-16-24(27)37)49(47,48)22-13-6-5-7-14-22/h5-17,25-26,28-30,35H,3-4,18-20H2,1-2H3,(H,38,43)(H,39,44)/t25-,26-,28-,29-,30-,35-,36-,37?/m0/s1. The van der Waals surface area contributed by atoms with Crippen LogP contribution in [0, 0.1) is 0 Å². The normalized spacial score (nSPS) is 34.1. The van der Waals surface area contributed by atoms with Gasteiger partial charge in [0.1, 0.15) is 30.3 Å². The summed E-state index contributed by atoms with van der Waals surface area (Å²) < 4.78 is 31.5. The van der Waals surface area contributed by atoms with Gasteiger partial charge in [0, 0.05) is 11.5 Å². The van der Waals surface area contributed by atoms with E-state index in [9.17, 15) is 19.2 Å². The molecule has 11 nitrogen and oxygen atoms in total. The number of piperazine rings is 2. The van der Waals surface area contributed by atoms with Crippen LogP contribution in [0.2, 0.25) is 0 Å². The van der Waals surface area contributed by atoms with E-state index in [0.29, 0.717) is 30.5 Å². The number of benzene rings is 3. The molecule has 12 heteroatoms. The van der Waals surface area contributed by atoms with Crippen LogP contribution in [0.25, 0.3) is 0 Å². The number of sulfonamides is 1. The van der Waals surface area contributed by atoms with Gasteiger partial charge in [-0.15, -0.1) is 0 Å². The lowest BCUT2D eigenvalue weighted by molar-refractivity contribution is -0.149. The van der Waals surface area contributed by atoms with Crippen LogP contribution >= 0.6 is 0 Å². The van der Waals surface area contributed by atoms with E-state index in [-0.39, 0.29) is 41.4 Å². The number of carbonyl (C=O) groups is 4. The molecule has 5 aliphatic heterocycles. The minimum Gasteiger partial charge on any atom is -0.343 e. The highest BCUT2D eigenvalue weighted by atomic mass is 32.2. The van der Waals surface area contributed by atoms with Gasteiger partial charge in [-0.25, -0.2) is 12.7 Å². The molecule has 4 fully saturated rings. The van der Waals surface area contributed by atoms with Gasteiger partial charge in [-0.1, -0.05) is 74.5 Å². The summed E-state index contributed by atoms with van der Waals surface area (Å²) in [5.41, 5.74) is 0.852. The molecule has 0 radical (unpaired) electrons. The van der Waals surface area contributed by atoms with E-state index >= 15 is 8.42 Å². The van der Waals surface area contributed by atoms with Crippen LogP contribution in [-0.2, 0) is 46.5 Å². The third-order valence-electron chi connectivity index (χ3n) is 12.3. The second kappa shape index (κ2) is 10.2. The molecular formula is C37H37N5O6S. The average Bonchev–Trinajstić information content (AvgIpc) is 3.82. The van der Waals surface area contributed by atoms with E-state index in [1.807, 2.05) is 50.2 Å².